The van der Waals surface area contributed by atoms with Gasteiger partial charge in [-0.15, -0.1) is 0 Å². The topological polar surface area (TPSA) is 46.5 Å². The number of benzene rings is 2. The maximum absolute atomic E-state index is 11.0. The predicted molar refractivity (Wildman–Crippen MR) is 87.3 cm³/mol. The molecule has 6 heteroatoms. The lowest BCUT2D eigenvalue weighted by Crippen LogP contribution is -2.01. The molecular weight excluding hydrogens is 456 g/mol. The normalized spacial score (nSPS) is 10.3. The second-order valence-corrected chi connectivity index (χ2v) is 6.52. The van der Waals surface area contributed by atoms with Gasteiger partial charge in [0.1, 0.15) is 12.4 Å². The summed E-state index contributed by atoms with van der Waals surface area (Å²) in [5, 5.41) is 8.98. The summed E-state index contributed by atoms with van der Waals surface area (Å²) < 4.78 is 7.91. The fraction of sp³-hybridized carbons (Fsp3) is 0.0714. The zero-order chi connectivity index (χ0) is 14.7. The summed E-state index contributed by atoms with van der Waals surface area (Å²) >= 11 is 10.1. The molecule has 104 valence electrons. The number of carboxylic acid groups (broad SMARTS) is 1. The Morgan fingerprint density at radius 3 is 2.20 bits per heavy atom. The van der Waals surface area contributed by atoms with E-state index in [1.165, 1.54) is 12.1 Å². The van der Waals surface area contributed by atoms with Gasteiger partial charge in [-0.1, -0.05) is 34.1 Å². The van der Waals surface area contributed by atoms with Crippen molar-refractivity contribution in [3.63, 3.8) is 0 Å². The van der Waals surface area contributed by atoms with Crippen LogP contribution in [0.3, 0.4) is 0 Å². The van der Waals surface area contributed by atoms with Gasteiger partial charge in [0.05, 0.1) is 14.5 Å². The van der Waals surface area contributed by atoms with Crippen molar-refractivity contribution in [2.45, 2.75) is 6.61 Å². The van der Waals surface area contributed by atoms with Crippen molar-refractivity contribution in [1.82, 2.24) is 0 Å². The summed E-state index contributed by atoms with van der Waals surface area (Å²) in [4.78, 5) is 11.0. The van der Waals surface area contributed by atoms with E-state index >= 15 is 0 Å². The standard InChI is InChI=1S/C14H9Br3O3/c15-10-4-2-1-3-8(10)7-20-13-11(16)5-9(14(18)19)6-12(13)17/h1-6H,7H2,(H,18,19). The Balaban J connectivity index is 2.22. The highest BCUT2D eigenvalue weighted by atomic mass is 79.9. The van der Waals surface area contributed by atoms with E-state index in [-0.39, 0.29) is 5.56 Å². The lowest BCUT2D eigenvalue weighted by atomic mass is 10.2. The Hall–Kier alpha value is -0.850. The van der Waals surface area contributed by atoms with Gasteiger partial charge in [0.25, 0.3) is 0 Å². The van der Waals surface area contributed by atoms with Crippen molar-refractivity contribution in [3.05, 3.63) is 60.9 Å². The van der Waals surface area contributed by atoms with Crippen LogP contribution in [0.1, 0.15) is 15.9 Å². The van der Waals surface area contributed by atoms with Gasteiger partial charge in [0, 0.05) is 10.0 Å². The first kappa shape index (κ1) is 15.5. The van der Waals surface area contributed by atoms with Gasteiger partial charge < -0.3 is 9.84 Å². The molecule has 20 heavy (non-hydrogen) atoms. The van der Waals surface area contributed by atoms with E-state index in [9.17, 15) is 4.79 Å². The zero-order valence-electron chi connectivity index (χ0n) is 10.1. The van der Waals surface area contributed by atoms with Crippen molar-refractivity contribution >= 4 is 53.8 Å². The molecule has 2 aromatic carbocycles. The largest absolute Gasteiger partial charge is 0.486 e. The van der Waals surface area contributed by atoms with Gasteiger partial charge >= 0.3 is 5.97 Å². The number of halogens is 3. The molecule has 2 aromatic rings. The van der Waals surface area contributed by atoms with Crippen LogP contribution in [0.2, 0.25) is 0 Å². The Morgan fingerprint density at radius 1 is 1.05 bits per heavy atom. The van der Waals surface area contributed by atoms with Gasteiger partial charge in [0.15, 0.2) is 0 Å². The molecule has 0 saturated carbocycles. The Labute approximate surface area is 141 Å². The van der Waals surface area contributed by atoms with Crippen LogP contribution in [0.15, 0.2) is 49.8 Å². The van der Waals surface area contributed by atoms with Crippen molar-refractivity contribution in [2.75, 3.05) is 0 Å². The van der Waals surface area contributed by atoms with Crippen LogP contribution < -0.4 is 4.74 Å². The van der Waals surface area contributed by atoms with E-state index in [4.69, 9.17) is 9.84 Å². The highest BCUT2D eigenvalue weighted by Gasteiger charge is 2.13. The fourth-order valence-electron chi connectivity index (χ4n) is 1.59. The Bertz CT molecular complexity index is 633. The van der Waals surface area contributed by atoms with E-state index in [0.717, 1.165) is 10.0 Å². The molecule has 3 nitrogen and oxygen atoms in total. The smallest absolute Gasteiger partial charge is 0.335 e. The molecule has 0 bridgehead atoms. The van der Waals surface area contributed by atoms with E-state index in [0.29, 0.717) is 21.3 Å². The molecule has 0 aliphatic rings. The number of aromatic carboxylic acids is 1. The molecule has 0 fully saturated rings. The second kappa shape index (κ2) is 6.74. The Morgan fingerprint density at radius 2 is 1.65 bits per heavy atom. The SMILES string of the molecule is O=C(O)c1cc(Br)c(OCc2ccccc2Br)c(Br)c1. The fourth-order valence-corrected chi connectivity index (χ4v) is 3.40. The first-order valence-corrected chi connectivity index (χ1v) is 7.95. The molecule has 1 N–H and O–H groups in total. The van der Waals surface area contributed by atoms with Crippen molar-refractivity contribution in [2.24, 2.45) is 0 Å². The third-order valence-electron chi connectivity index (χ3n) is 2.58. The lowest BCUT2D eigenvalue weighted by molar-refractivity contribution is 0.0696. The van der Waals surface area contributed by atoms with Crippen LogP contribution in [-0.2, 0) is 6.61 Å². The molecule has 2 rings (SSSR count). The average Bonchev–Trinajstić information content (AvgIpc) is 2.39. The predicted octanol–water partition coefficient (Wildman–Crippen LogP) is 5.25. The van der Waals surface area contributed by atoms with Gasteiger partial charge in [-0.3, -0.25) is 0 Å². The minimum atomic E-state index is -0.983. The van der Waals surface area contributed by atoms with E-state index in [1.54, 1.807) is 0 Å². The molecule has 0 aliphatic carbocycles. The summed E-state index contributed by atoms with van der Waals surface area (Å²) in [5.41, 5.74) is 1.20. The number of carbonyl (C=O) groups is 1. The molecule has 0 spiro atoms. The molecule has 0 aromatic heterocycles. The summed E-state index contributed by atoms with van der Waals surface area (Å²) in [6.07, 6.45) is 0. The number of ether oxygens (including phenoxy) is 1. The number of hydrogen-bond donors (Lipinski definition) is 1. The third kappa shape index (κ3) is 3.62. The van der Waals surface area contributed by atoms with E-state index < -0.39 is 5.97 Å². The summed E-state index contributed by atoms with van der Waals surface area (Å²) in [6.45, 7) is 0.380. The van der Waals surface area contributed by atoms with Crippen LogP contribution in [-0.4, -0.2) is 11.1 Å². The van der Waals surface area contributed by atoms with Crippen molar-refractivity contribution in [3.8, 4) is 5.75 Å². The van der Waals surface area contributed by atoms with E-state index in [1.807, 2.05) is 24.3 Å². The van der Waals surface area contributed by atoms with Crippen LogP contribution in [0.4, 0.5) is 0 Å². The molecule has 0 radical (unpaired) electrons. The molecular formula is C14H9Br3O3. The molecule has 0 heterocycles. The van der Waals surface area contributed by atoms with Gasteiger partial charge in [0.2, 0.25) is 0 Å². The zero-order valence-corrected chi connectivity index (χ0v) is 14.8. The van der Waals surface area contributed by atoms with Crippen LogP contribution >= 0.6 is 47.8 Å². The maximum atomic E-state index is 11.0. The minimum absolute atomic E-state index is 0.192. The first-order chi connectivity index (χ1) is 9.49. The quantitative estimate of drug-likeness (QED) is 0.672. The number of hydrogen-bond acceptors (Lipinski definition) is 2. The van der Waals surface area contributed by atoms with Gasteiger partial charge in [-0.25, -0.2) is 4.79 Å². The first-order valence-electron chi connectivity index (χ1n) is 5.57. The lowest BCUT2D eigenvalue weighted by Gasteiger charge is -2.12. The van der Waals surface area contributed by atoms with Crippen molar-refractivity contribution in [1.29, 1.82) is 0 Å². The molecule has 0 unspecified atom stereocenters. The third-order valence-corrected chi connectivity index (χ3v) is 4.53. The highest BCUT2D eigenvalue weighted by Crippen LogP contribution is 2.35. The summed E-state index contributed by atoms with van der Waals surface area (Å²) in [5.74, 6) is -0.408. The molecule has 0 aliphatic heterocycles. The van der Waals surface area contributed by atoms with Gasteiger partial charge in [-0.2, -0.15) is 0 Å². The van der Waals surface area contributed by atoms with Crippen LogP contribution in [0, 0.1) is 0 Å². The van der Waals surface area contributed by atoms with Gasteiger partial charge in [-0.05, 0) is 50.1 Å². The van der Waals surface area contributed by atoms with E-state index in [2.05, 4.69) is 47.8 Å². The molecule has 0 atom stereocenters. The average molecular weight is 465 g/mol. The summed E-state index contributed by atoms with van der Waals surface area (Å²) in [7, 11) is 0. The van der Waals surface area contributed by atoms with Crippen LogP contribution in [0.25, 0.3) is 0 Å². The monoisotopic (exact) mass is 462 g/mol. The number of carboxylic acids is 1. The highest BCUT2D eigenvalue weighted by molar-refractivity contribution is 9.11. The van der Waals surface area contributed by atoms with Crippen molar-refractivity contribution < 1.29 is 14.6 Å². The molecule has 0 amide bonds. The minimum Gasteiger partial charge on any atom is -0.486 e. The Kier molecular flexibility index (Phi) is 5.23. The maximum Gasteiger partial charge on any atom is 0.335 e. The second-order valence-electron chi connectivity index (χ2n) is 3.95. The summed E-state index contributed by atoms with van der Waals surface area (Å²) in [6, 6.07) is 10.8. The van der Waals surface area contributed by atoms with Crippen LogP contribution in [0.5, 0.6) is 5.75 Å². The molecule has 0 saturated heterocycles. The number of rotatable bonds is 4.